The molecule has 0 saturated carbocycles. The average molecular weight is 217 g/mol. The molecule has 2 aromatic heterocycles. The van der Waals surface area contributed by atoms with E-state index >= 15 is 0 Å². The van der Waals surface area contributed by atoms with Gasteiger partial charge in [0.2, 0.25) is 4.47 Å². The first kappa shape index (κ1) is 8.16. The maximum Gasteiger partial charge on any atom is 0.207 e. The lowest BCUT2D eigenvalue weighted by Gasteiger charge is -1.89. The van der Waals surface area contributed by atoms with Gasteiger partial charge < -0.3 is 0 Å². The first-order chi connectivity index (χ1) is 5.77. The zero-order chi connectivity index (χ0) is 8.55. The van der Waals surface area contributed by atoms with Crippen LogP contribution in [0.4, 0.5) is 0 Å². The van der Waals surface area contributed by atoms with Gasteiger partial charge in [0.25, 0.3) is 0 Å². The van der Waals surface area contributed by atoms with Crippen molar-refractivity contribution < 1.29 is 0 Å². The SMILES string of the molecule is Cc1cscc1-c1nnc(Cl)s1. The third-order valence-electron chi connectivity index (χ3n) is 1.49. The van der Waals surface area contributed by atoms with Crippen LogP contribution in [0.3, 0.4) is 0 Å². The van der Waals surface area contributed by atoms with Crippen LogP contribution in [-0.4, -0.2) is 10.2 Å². The first-order valence-electron chi connectivity index (χ1n) is 3.29. The number of thiophene rings is 1. The number of halogens is 1. The fraction of sp³-hybridized carbons (Fsp3) is 0.143. The number of aromatic nitrogens is 2. The van der Waals surface area contributed by atoms with Crippen LogP contribution in [0.1, 0.15) is 5.56 Å². The quantitative estimate of drug-likeness (QED) is 0.732. The number of nitrogens with zero attached hydrogens (tertiary/aromatic N) is 2. The van der Waals surface area contributed by atoms with Crippen molar-refractivity contribution in [1.82, 2.24) is 10.2 Å². The smallest absolute Gasteiger partial charge is 0.151 e. The predicted molar refractivity (Wildman–Crippen MR) is 53.0 cm³/mol. The molecule has 0 spiro atoms. The summed E-state index contributed by atoms with van der Waals surface area (Å²) in [7, 11) is 0. The molecule has 0 aliphatic heterocycles. The molecule has 0 radical (unpaired) electrons. The van der Waals surface area contributed by atoms with E-state index in [1.807, 2.05) is 0 Å². The molecule has 2 heterocycles. The highest BCUT2D eigenvalue weighted by molar-refractivity contribution is 7.18. The van der Waals surface area contributed by atoms with Crippen LogP contribution in [0.15, 0.2) is 10.8 Å². The van der Waals surface area contributed by atoms with Crippen LogP contribution < -0.4 is 0 Å². The summed E-state index contributed by atoms with van der Waals surface area (Å²) in [6, 6.07) is 0. The van der Waals surface area contributed by atoms with Gasteiger partial charge >= 0.3 is 0 Å². The van der Waals surface area contributed by atoms with Gasteiger partial charge in [-0.15, -0.1) is 10.2 Å². The zero-order valence-electron chi connectivity index (χ0n) is 6.24. The molecule has 5 heteroatoms. The molecule has 0 fully saturated rings. The van der Waals surface area contributed by atoms with E-state index < -0.39 is 0 Å². The molecule has 62 valence electrons. The maximum atomic E-state index is 5.68. The van der Waals surface area contributed by atoms with Crippen molar-refractivity contribution in [3.05, 3.63) is 20.8 Å². The molecule has 0 N–H and O–H groups in total. The molecule has 0 aliphatic carbocycles. The highest BCUT2D eigenvalue weighted by Gasteiger charge is 2.07. The van der Waals surface area contributed by atoms with Crippen LogP contribution in [0.2, 0.25) is 4.47 Å². The van der Waals surface area contributed by atoms with Gasteiger partial charge in [0.15, 0.2) is 0 Å². The third kappa shape index (κ3) is 1.37. The van der Waals surface area contributed by atoms with Crippen LogP contribution in [0.25, 0.3) is 10.6 Å². The van der Waals surface area contributed by atoms with Crippen LogP contribution in [0.5, 0.6) is 0 Å². The van der Waals surface area contributed by atoms with E-state index in [1.54, 1.807) is 11.3 Å². The van der Waals surface area contributed by atoms with E-state index in [-0.39, 0.29) is 0 Å². The van der Waals surface area contributed by atoms with Crippen LogP contribution in [-0.2, 0) is 0 Å². The largest absolute Gasteiger partial charge is 0.207 e. The lowest BCUT2D eigenvalue weighted by molar-refractivity contribution is 1.09. The molecule has 12 heavy (non-hydrogen) atoms. The molecule has 2 aromatic rings. The highest BCUT2D eigenvalue weighted by Crippen LogP contribution is 2.30. The summed E-state index contributed by atoms with van der Waals surface area (Å²) in [6.45, 7) is 2.06. The normalized spacial score (nSPS) is 10.5. The number of hydrogen-bond acceptors (Lipinski definition) is 4. The van der Waals surface area contributed by atoms with Crippen molar-refractivity contribution in [2.45, 2.75) is 6.92 Å². The minimum absolute atomic E-state index is 0.496. The Bertz CT molecular complexity index is 394. The molecule has 0 aromatic carbocycles. The van der Waals surface area contributed by atoms with Crippen molar-refractivity contribution in [2.75, 3.05) is 0 Å². The summed E-state index contributed by atoms with van der Waals surface area (Å²) in [5, 5.41) is 12.8. The Morgan fingerprint density at radius 3 is 2.67 bits per heavy atom. The molecular weight excluding hydrogens is 212 g/mol. The van der Waals surface area contributed by atoms with Crippen molar-refractivity contribution >= 4 is 34.3 Å². The summed E-state index contributed by atoms with van der Waals surface area (Å²) in [5.41, 5.74) is 2.37. The van der Waals surface area contributed by atoms with Gasteiger partial charge in [-0.25, -0.2) is 0 Å². The van der Waals surface area contributed by atoms with E-state index in [0.717, 1.165) is 10.6 Å². The molecule has 0 unspecified atom stereocenters. The van der Waals surface area contributed by atoms with Gasteiger partial charge in [0, 0.05) is 10.9 Å². The van der Waals surface area contributed by atoms with Crippen molar-refractivity contribution in [2.24, 2.45) is 0 Å². The second-order valence-corrected chi connectivity index (χ2v) is 4.63. The van der Waals surface area contributed by atoms with Gasteiger partial charge in [-0.1, -0.05) is 11.3 Å². The van der Waals surface area contributed by atoms with E-state index in [9.17, 15) is 0 Å². The second kappa shape index (κ2) is 3.12. The molecule has 0 aliphatic rings. The van der Waals surface area contributed by atoms with Crippen molar-refractivity contribution in [3.63, 3.8) is 0 Å². The molecule has 0 bridgehead atoms. The molecule has 2 nitrogen and oxygen atoms in total. The Morgan fingerprint density at radius 1 is 1.33 bits per heavy atom. The molecule has 0 amide bonds. The first-order valence-corrected chi connectivity index (χ1v) is 5.43. The van der Waals surface area contributed by atoms with Crippen LogP contribution >= 0.6 is 34.3 Å². The molecular formula is C7H5ClN2S2. The zero-order valence-corrected chi connectivity index (χ0v) is 8.63. The van der Waals surface area contributed by atoms with Crippen molar-refractivity contribution in [3.8, 4) is 10.6 Å². The summed E-state index contributed by atoms with van der Waals surface area (Å²) in [4.78, 5) is 0. The Kier molecular flexibility index (Phi) is 2.12. The van der Waals surface area contributed by atoms with E-state index in [1.165, 1.54) is 16.9 Å². The second-order valence-electron chi connectivity index (χ2n) is 2.33. The Hall–Kier alpha value is -0.450. The summed E-state index contributed by atoms with van der Waals surface area (Å²) in [5.74, 6) is 0. The monoisotopic (exact) mass is 216 g/mol. The number of aryl methyl sites for hydroxylation is 1. The van der Waals surface area contributed by atoms with Gasteiger partial charge in [0.05, 0.1) is 0 Å². The minimum Gasteiger partial charge on any atom is -0.151 e. The van der Waals surface area contributed by atoms with Crippen molar-refractivity contribution in [1.29, 1.82) is 0 Å². The van der Waals surface area contributed by atoms with E-state index in [2.05, 4.69) is 27.9 Å². The number of hydrogen-bond donors (Lipinski definition) is 0. The topological polar surface area (TPSA) is 25.8 Å². The lowest BCUT2D eigenvalue weighted by Crippen LogP contribution is -1.74. The molecule has 0 atom stereocenters. The van der Waals surface area contributed by atoms with Gasteiger partial charge in [-0.3, -0.25) is 0 Å². The third-order valence-corrected chi connectivity index (χ3v) is 3.40. The Balaban J connectivity index is 2.50. The van der Waals surface area contributed by atoms with Gasteiger partial charge in [-0.05, 0) is 29.5 Å². The standard InChI is InChI=1S/C7H5ClN2S2/c1-4-2-11-3-5(4)6-9-10-7(8)12-6/h2-3H,1H3. The van der Waals surface area contributed by atoms with E-state index in [0.29, 0.717) is 4.47 Å². The van der Waals surface area contributed by atoms with E-state index in [4.69, 9.17) is 11.6 Å². The van der Waals surface area contributed by atoms with Crippen LogP contribution in [0, 0.1) is 6.92 Å². The summed E-state index contributed by atoms with van der Waals surface area (Å²) < 4.78 is 0.496. The highest BCUT2D eigenvalue weighted by atomic mass is 35.5. The fourth-order valence-corrected chi connectivity index (χ4v) is 2.71. The Labute approximate surface area is 82.8 Å². The molecule has 0 saturated heterocycles. The fourth-order valence-electron chi connectivity index (χ4n) is 0.894. The van der Waals surface area contributed by atoms with Gasteiger partial charge in [-0.2, -0.15) is 11.3 Å². The van der Waals surface area contributed by atoms with Gasteiger partial charge in [0.1, 0.15) is 5.01 Å². The minimum atomic E-state index is 0.496. The molecule has 2 rings (SSSR count). The number of rotatable bonds is 1. The maximum absolute atomic E-state index is 5.68. The summed E-state index contributed by atoms with van der Waals surface area (Å²) in [6.07, 6.45) is 0. The lowest BCUT2D eigenvalue weighted by atomic mass is 10.2. The Morgan fingerprint density at radius 2 is 2.17 bits per heavy atom. The average Bonchev–Trinajstić information content (AvgIpc) is 2.58. The predicted octanol–water partition coefficient (Wildman–Crippen LogP) is 3.23. The summed E-state index contributed by atoms with van der Waals surface area (Å²) >= 11 is 8.75.